The minimum atomic E-state index is -0.0642. The van der Waals surface area contributed by atoms with Crippen LogP contribution in [0.15, 0.2) is 60.3 Å². The molecule has 1 nitrogen and oxygen atoms in total. The van der Waals surface area contributed by atoms with Crippen LogP contribution >= 0.6 is 0 Å². The SMILES string of the molecule is Cc1ccc(C2(C)C=CC=C(N)C=C2)cc1. The van der Waals surface area contributed by atoms with Crippen LogP contribution < -0.4 is 5.73 Å². The molecule has 1 aromatic carbocycles. The largest absolute Gasteiger partial charge is 0.399 e. The molecular weight excluding hydrogens is 194 g/mol. The van der Waals surface area contributed by atoms with E-state index in [1.165, 1.54) is 11.1 Å². The summed E-state index contributed by atoms with van der Waals surface area (Å²) in [5.74, 6) is 0. The molecule has 0 saturated carbocycles. The van der Waals surface area contributed by atoms with E-state index in [0.717, 1.165) is 5.70 Å². The summed E-state index contributed by atoms with van der Waals surface area (Å²) in [6.45, 7) is 4.29. The summed E-state index contributed by atoms with van der Waals surface area (Å²) >= 11 is 0. The molecular formula is C15H17N. The van der Waals surface area contributed by atoms with Gasteiger partial charge < -0.3 is 5.73 Å². The Bertz CT molecular complexity index is 463. The predicted molar refractivity (Wildman–Crippen MR) is 69.1 cm³/mol. The van der Waals surface area contributed by atoms with Crippen LogP contribution in [-0.4, -0.2) is 0 Å². The molecule has 1 unspecified atom stereocenters. The molecule has 1 aliphatic rings. The Balaban J connectivity index is 2.40. The van der Waals surface area contributed by atoms with Gasteiger partial charge in [-0.25, -0.2) is 0 Å². The first-order chi connectivity index (χ1) is 7.60. The molecule has 16 heavy (non-hydrogen) atoms. The molecule has 0 radical (unpaired) electrons. The van der Waals surface area contributed by atoms with Crippen LogP contribution in [0.25, 0.3) is 0 Å². The topological polar surface area (TPSA) is 26.0 Å². The summed E-state index contributed by atoms with van der Waals surface area (Å²) in [7, 11) is 0. The van der Waals surface area contributed by atoms with E-state index >= 15 is 0 Å². The third-order valence-corrected chi connectivity index (χ3v) is 3.03. The van der Waals surface area contributed by atoms with Gasteiger partial charge in [-0.15, -0.1) is 0 Å². The first-order valence-corrected chi connectivity index (χ1v) is 5.51. The Morgan fingerprint density at radius 1 is 1.06 bits per heavy atom. The van der Waals surface area contributed by atoms with Crippen molar-refractivity contribution in [1.29, 1.82) is 0 Å². The summed E-state index contributed by atoms with van der Waals surface area (Å²) in [6, 6.07) is 8.63. The van der Waals surface area contributed by atoms with Crippen molar-refractivity contribution in [1.82, 2.24) is 0 Å². The number of hydrogen-bond acceptors (Lipinski definition) is 1. The minimum absolute atomic E-state index is 0.0642. The molecule has 0 spiro atoms. The molecule has 1 heteroatoms. The Morgan fingerprint density at radius 2 is 1.75 bits per heavy atom. The molecule has 0 bridgehead atoms. The fraction of sp³-hybridized carbons (Fsp3) is 0.200. The van der Waals surface area contributed by atoms with E-state index in [-0.39, 0.29) is 5.41 Å². The molecule has 1 aromatic rings. The van der Waals surface area contributed by atoms with Gasteiger partial charge in [0.15, 0.2) is 0 Å². The van der Waals surface area contributed by atoms with Crippen molar-refractivity contribution in [3.8, 4) is 0 Å². The van der Waals surface area contributed by atoms with Crippen LogP contribution in [0, 0.1) is 6.92 Å². The third-order valence-electron chi connectivity index (χ3n) is 3.03. The van der Waals surface area contributed by atoms with Crippen molar-refractivity contribution in [2.75, 3.05) is 0 Å². The zero-order valence-electron chi connectivity index (χ0n) is 9.77. The van der Waals surface area contributed by atoms with E-state index in [9.17, 15) is 0 Å². The van der Waals surface area contributed by atoms with E-state index in [1.54, 1.807) is 0 Å². The van der Waals surface area contributed by atoms with Crippen LogP contribution in [0.2, 0.25) is 0 Å². The van der Waals surface area contributed by atoms with Crippen molar-refractivity contribution >= 4 is 0 Å². The van der Waals surface area contributed by atoms with Gasteiger partial charge >= 0.3 is 0 Å². The van der Waals surface area contributed by atoms with Crippen LogP contribution in [-0.2, 0) is 5.41 Å². The van der Waals surface area contributed by atoms with Crippen molar-refractivity contribution < 1.29 is 0 Å². The number of allylic oxidation sites excluding steroid dienone is 5. The standard InChI is InChI=1S/C15H17N/c1-12-5-7-13(8-6-12)15(2)10-3-4-14(16)9-11-15/h3-11H,16H2,1-2H3. The number of aryl methyl sites for hydroxylation is 1. The van der Waals surface area contributed by atoms with Crippen molar-refractivity contribution in [3.63, 3.8) is 0 Å². The van der Waals surface area contributed by atoms with Gasteiger partial charge in [-0.1, -0.05) is 48.1 Å². The third kappa shape index (κ3) is 2.08. The van der Waals surface area contributed by atoms with Crippen LogP contribution in [0.1, 0.15) is 18.1 Å². The first-order valence-electron chi connectivity index (χ1n) is 5.51. The van der Waals surface area contributed by atoms with Gasteiger partial charge in [-0.2, -0.15) is 0 Å². The second kappa shape index (κ2) is 4.01. The lowest BCUT2D eigenvalue weighted by molar-refractivity contribution is 0.758. The molecule has 1 atom stereocenters. The zero-order chi connectivity index (χ0) is 11.6. The van der Waals surface area contributed by atoms with E-state index in [1.807, 2.05) is 18.2 Å². The van der Waals surface area contributed by atoms with E-state index in [4.69, 9.17) is 5.73 Å². The maximum absolute atomic E-state index is 5.78. The monoisotopic (exact) mass is 211 g/mol. The molecule has 0 saturated heterocycles. The van der Waals surface area contributed by atoms with Crippen LogP contribution in [0.5, 0.6) is 0 Å². The molecule has 1 aliphatic carbocycles. The normalized spacial score (nSPS) is 24.0. The summed E-state index contributed by atoms with van der Waals surface area (Å²) in [5.41, 5.74) is 9.08. The van der Waals surface area contributed by atoms with Gasteiger partial charge in [0, 0.05) is 11.1 Å². The smallest absolute Gasteiger partial charge is 0.0311 e. The van der Waals surface area contributed by atoms with E-state index in [0.29, 0.717) is 0 Å². The highest BCUT2D eigenvalue weighted by Gasteiger charge is 2.20. The second-order valence-corrected chi connectivity index (χ2v) is 4.51. The van der Waals surface area contributed by atoms with Crippen LogP contribution in [0.3, 0.4) is 0 Å². The highest BCUT2D eigenvalue weighted by atomic mass is 14.6. The minimum Gasteiger partial charge on any atom is -0.399 e. The van der Waals surface area contributed by atoms with Gasteiger partial charge in [0.05, 0.1) is 0 Å². The lowest BCUT2D eigenvalue weighted by atomic mass is 9.82. The number of rotatable bonds is 1. The highest BCUT2D eigenvalue weighted by molar-refractivity contribution is 5.42. The molecule has 0 aliphatic heterocycles. The van der Waals surface area contributed by atoms with Crippen molar-refractivity contribution in [3.05, 3.63) is 71.5 Å². The Hall–Kier alpha value is -1.76. The number of nitrogens with two attached hydrogens (primary N) is 1. The fourth-order valence-corrected chi connectivity index (χ4v) is 1.84. The first kappa shape index (κ1) is 10.7. The summed E-state index contributed by atoms with van der Waals surface area (Å²) in [5, 5.41) is 0. The molecule has 2 N–H and O–H groups in total. The van der Waals surface area contributed by atoms with E-state index < -0.39 is 0 Å². The molecule has 0 fully saturated rings. The number of benzene rings is 1. The van der Waals surface area contributed by atoms with E-state index in [2.05, 4.69) is 50.3 Å². The predicted octanol–water partition coefficient (Wildman–Crippen LogP) is 3.22. The molecule has 2 rings (SSSR count). The Kier molecular flexibility index (Phi) is 2.69. The zero-order valence-corrected chi connectivity index (χ0v) is 9.77. The molecule has 0 amide bonds. The Morgan fingerprint density at radius 3 is 2.44 bits per heavy atom. The van der Waals surface area contributed by atoms with Gasteiger partial charge in [0.1, 0.15) is 0 Å². The molecule has 82 valence electrons. The maximum atomic E-state index is 5.78. The summed E-state index contributed by atoms with van der Waals surface area (Å²) < 4.78 is 0. The second-order valence-electron chi connectivity index (χ2n) is 4.51. The average molecular weight is 211 g/mol. The molecule has 0 aromatic heterocycles. The van der Waals surface area contributed by atoms with Gasteiger partial charge in [-0.05, 0) is 31.6 Å². The molecule has 0 heterocycles. The van der Waals surface area contributed by atoms with Crippen molar-refractivity contribution in [2.24, 2.45) is 5.73 Å². The highest BCUT2D eigenvalue weighted by Crippen LogP contribution is 2.29. The summed E-state index contributed by atoms with van der Waals surface area (Å²) in [4.78, 5) is 0. The Labute approximate surface area is 97.0 Å². The lowest BCUT2D eigenvalue weighted by Gasteiger charge is -2.22. The fourth-order valence-electron chi connectivity index (χ4n) is 1.84. The van der Waals surface area contributed by atoms with Crippen molar-refractivity contribution in [2.45, 2.75) is 19.3 Å². The quantitative estimate of drug-likeness (QED) is 0.758. The summed E-state index contributed by atoms with van der Waals surface area (Å²) in [6.07, 6.45) is 10.2. The number of hydrogen-bond donors (Lipinski definition) is 1. The van der Waals surface area contributed by atoms with Gasteiger partial charge in [0.25, 0.3) is 0 Å². The lowest BCUT2D eigenvalue weighted by Crippen LogP contribution is -2.15. The van der Waals surface area contributed by atoms with Crippen LogP contribution in [0.4, 0.5) is 0 Å². The maximum Gasteiger partial charge on any atom is 0.0311 e. The van der Waals surface area contributed by atoms with Gasteiger partial charge in [0.2, 0.25) is 0 Å². The van der Waals surface area contributed by atoms with Gasteiger partial charge in [-0.3, -0.25) is 0 Å². The average Bonchev–Trinajstić information content (AvgIpc) is 2.43.